The number of aldehydes is 1. The highest BCUT2D eigenvalue weighted by Crippen LogP contribution is 2.42. The number of para-hydroxylation sites is 1. The first kappa shape index (κ1) is 16.6. The summed E-state index contributed by atoms with van der Waals surface area (Å²) in [5.74, 6) is 0. The van der Waals surface area contributed by atoms with Crippen LogP contribution in [0.3, 0.4) is 0 Å². The SMILES string of the molecule is Cc1cc(Br)c2c(c1-c1ccc(Br)cc1C=O)c1ccccc1n2C. The van der Waals surface area contributed by atoms with E-state index < -0.39 is 0 Å². The minimum Gasteiger partial charge on any atom is -0.343 e. The van der Waals surface area contributed by atoms with Gasteiger partial charge in [0.1, 0.15) is 0 Å². The standard InChI is InChI=1S/C21H15Br2NO/c1-12-9-17(23)21-20(16-5-3-4-6-18(16)24(21)2)19(12)15-8-7-14(22)10-13(15)11-25/h3-11H,1-2H3. The molecule has 4 heteroatoms. The minimum absolute atomic E-state index is 0.689. The summed E-state index contributed by atoms with van der Waals surface area (Å²) in [6.07, 6.45) is 0.929. The number of aromatic nitrogens is 1. The highest BCUT2D eigenvalue weighted by molar-refractivity contribution is 9.11. The van der Waals surface area contributed by atoms with Gasteiger partial charge in [-0.1, -0.05) is 40.2 Å². The number of aryl methyl sites for hydroxylation is 2. The summed E-state index contributed by atoms with van der Waals surface area (Å²) in [6.45, 7) is 2.10. The van der Waals surface area contributed by atoms with Gasteiger partial charge in [-0.3, -0.25) is 4.79 Å². The second kappa shape index (κ2) is 6.11. The van der Waals surface area contributed by atoms with Crippen molar-refractivity contribution in [2.24, 2.45) is 7.05 Å². The molecular formula is C21H15Br2NO. The Labute approximate surface area is 162 Å². The van der Waals surface area contributed by atoms with Gasteiger partial charge < -0.3 is 4.57 Å². The number of fused-ring (bicyclic) bond motifs is 3. The average Bonchev–Trinajstić information content (AvgIpc) is 2.90. The Morgan fingerprint density at radius 1 is 1.04 bits per heavy atom. The molecule has 0 radical (unpaired) electrons. The third-order valence-corrected chi connectivity index (χ3v) is 5.83. The molecule has 0 aliphatic heterocycles. The summed E-state index contributed by atoms with van der Waals surface area (Å²) in [7, 11) is 2.08. The van der Waals surface area contributed by atoms with E-state index in [1.165, 1.54) is 16.3 Å². The van der Waals surface area contributed by atoms with Gasteiger partial charge in [0.15, 0.2) is 6.29 Å². The summed E-state index contributed by atoms with van der Waals surface area (Å²) in [5, 5.41) is 2.37. The summed E-state index contributed by atoms with van der Waals surface area (Å²) in [4.78, 5) is 11.7. The number of halogens is 2. The Balaban J connectivity index is 2.26. The monoisotopic (exact) mass is 455 g/mol. The van der Waals surface area contributed by atoms with Gasteiger partial charge in [0.2, 0.25) is 0 Å². The summed E-state index contributed by atoms with van der Waals surface area (Å²) in [5.41, 5.74) is 6.22. The Bertz CT molecular complexity index is 1160. The molecule has 124 valence electrons. The number of hydrogen-bond acceptors (Lipinski definition) is 1. The van der Waals surface area contributed by atoms with Crippen LogP contribution in [-0.2, 0) is 7.05 Å². The number of carbonyl (C=O) groups is 1. The molecule has 0 N–H and O–H groups in total. The van der Waals surface area contributed by atoms with Crippen LogP contribution in [0.1, 0.15) is 15.9 Å². The van der Waals surface area contributed by atoms with E-state index in [1.807, 2.05) is 18.2 Å². The molecule has 3 aromatic carbocycles. The van der Waals surface area contributed by atoms with E-state index >= 15 is 0 Å². The normalized spacial score (nSPS) is 11.4. The fourth-order valence-corrected chi connectivity index (χ4v) is 4.85. The lowest BCUT2D eigenvalue weighted by atomic mass is 9.92. The van der Waals surface area contributed by atoms with E-state index in [0.29, 0.717) is 5.56 Å². The molecular weight excluding hydrogens is 442 g/mol. The zero-order valence-electron chi connectivity index (χ0n) is 13.8. The maximum absolute atomic E-state index is 11.7. The molecule has 0 bridgehead atoms. The van der Waals surface area contributed by atoms with Gasteiger partial charge in [-0.2, -0.15) is 0 Å². The van der Waals surface area contributed by atoms with Gasteiger partial charge in [-0.25, -0.2) is 0 Å². The quantitative estimate of drug-likeness (QED) is 0.309. The summed E-state index contributed by atoms with van der Waals surface area (Å²) in [6, 6.07) is 16.4. The molecule has 4 rings (SSSR count). The van der Waals surface area contributed by atoms with Gasteiger partial charge in [0.25, 0.3) is 0 Å². The number of carbonyl (C=O) groups excluding carboxylic acids is 1. The molecule has 0 spiro atoms. The van der Waals surface area contributed by atoms with Crippen molar-refractivity contribution in [2.75, 3.05) is 0 Å². The number of benzene rings is 3. The van der Waals surface area contributed by atoms with Crippen LogP contribution >= 0.6 is 31.9 Å². The zero-order valence-corrected chi connectivity index (χ0v) is 17.0. The largest absolute Gasteiger partial charge is 0.343 e. The molecule has 4 aromatic rings. The molecule has 0 aliphatic rings. The van der Waals surface area contributed by atoms with Crippen molar-refractivity contribution in [3.05, 3.63) is 68.6 Å². The predicted molar refractivity (Wildman–Crippen MR) is 111 cm³/mol. The van der Waals surface area contributed by atoms with Gasteiger partial charge in [0.05, 0.1) is 5.52 Å². The average molecular weight is 457 g/mol. The molecule has 0 aliphatic carbocycles. The third kappa shape index (κ3) is 2.47. The lowest BCUT2D eigenvalue weighted by Crippen LogP contribution is -1.94. The molecule has 1 aromatic heterocycles. The molecule has 25 heavy (non-hydrogen) atoms. The van der Waals surface area contributed by atoms with E-state index in [0.717, 1.165) is 37.4 Å². The minimum atomic E-state index is 0.689. The van der Waals surface area contributed by atoms with Crippen LogP contribution in [0.15, 0.2) is 57.5 Å². The molecule has 1 heterocycles. The van der Waals surface area contributed by atoms with Crippen LogP contribution < -0.4 is 0 Å². The highest BCUT2D eigenvalue weighted by atomic mass is 79.9. The van der Waals surface area contributed by atoms with Gasteiger partial charge in [-0.15, -0.1) is 0 Å². The first-order valence-corrected chi connectivity index (χ1v) is 9.53. The third-order valence-electron chi connectivity index (χ3n) is 4.73. The van der Waals surface area contributed by atoms with Crippen molar-refractivity contribution in [2.45, 2.75) is 6.92 Å². The predicted octanol–water partition coefficient (Wildman–Crippen LogP) is 6.64. The van der Waals surface area contributed by atoms with E-state index in [1.54, 1.807) is 0 Å². The Kier molecular flexibility index (Phi) is 4.05. The maximum Gasteiger partial charge on any atom is 0.150 e. The highest BCUT2D eigenvalue weighted by Gasteiger charge is 2.19. The Morgan fingerprint density at radius 3 is 2.56 bits per heavy atom. The van der Waals surface area contributed by atoms with Crippen molar-refractivity contribution >= 4 is 60.0 Å². The zero-order chi connectivity index (χ0) is 17.7. The van der Waals surface area contributed by atoms with Crippen LogP contribution in [-0.4, -0.2) is 10.9 Å². The van der Waals surface area contributed by atoms with Crippen LogP contribution in [0.2, 0.25) is 0 Å². The molecule has 0 saturated carbocycles. The maximum atomic E-state index is 11.7. The lowest BCUT2D eigenvalue weighted by molar-refractivity contribution is 0.112. The van der Waals surface area contributed by atoms with Crippen molar-refractivity contribution in [3.63, 3.8) is 0 Å². The first-order chi connectivity index (χ1) is 12.0. The molecule has 0 saturated heterocycles. The summed E-state index contributed by atoms with van der Waals surface area (Å²) >= 11 is 7.20. The summed E-state index contributed by atoms with van der Waals surface area (Å²) < 4.78 is 4.17. The first-order valence-electron chi connectivity index (χ1n) is 7.94. The van der Waals surface area contributed by atoms with Crippen LogP contribution in [0.4, 0.5) is 0 Å². The van der Waals surface area contributed by atoms with Crippen molar-refractivity contribution in [1.82, 2.24) is 4.57 Å². The van der Waals surface area contributed by atoms with Crippen LogP contribution in [0.25, 0.3) is 32.9 Å². The number of hydrogen-bond donors (Lipinski definition) is 0. The smallest absolute Gasteiger partial charge is 0.150 e. The van der Waals surface area contributed by atoms with E-state index in [-0.39, 0.29) is 0 Å². The Morgan fingerprint density at radius 2 is 1.80 bits per heavy atom. The van der Waals surface area contributed by atoms with E-state index in [2.05, 4.69) is 80.7 Å². The molecule has 2 nitrogen and oxygen atoms in total. The van der Waals surface area contributed by atoms with Gasteiger partial charge in [0, 0.05) is 37.8 Å². The molecule has 0 fully saturated rings. The van der Waals surface area contributed by atoms with Crippen LogP contribution in [0, 0.1) is 6.92 Å². The van der Waals surface area contributed by atoms with Crippen LogP contribution in [0.5, 0.6) is 0 Å². The van der Waals surface area contributed by atoms with Gasteiger partial charge >= 0.3 is 0 Å². The van der Waals surface area contributed by atoms with Crippen molar-refractivity contribution in [3.8, 4) is 11.1 Å². The molecule has 0 unspecified atom stereocenters. The fourth-order valence-electron chi connectivity index (χ4n) is 3.66. The Hall–Kier alpha value is -1.91. The van der Waals surface area contributed by atoms with E-state index in [9.17, 15) is 4.79 Å². The lowest BCUT2D eigenvalue weighted by Gasteiger charge is -2.13. The van der Waals surface area contributed by atoms with Crippen molar-refractivity contribution in [1.29, 1.82) is 0 Å². The fraction of sp³-hybridized carbons (Fsp3) is 0.0952. The molecule has 0 amide bonds. The second-order valence-electron chi connectivity index (χ2n) is 6.20. The second-order valence-corrected chi connectivity index (χ2v) is 7.97. The number of rotatable bonds is 2. The molecule has 0 atom stereocenters. The van der Waals surface area contributed by atoms with E-state index in [4.69, 9.17) is 0 Å². The number of nitrogens with zero attached hydrogens (tertiary/aromatic N) is 1. The van der Waals surface area contributed by atoms with Gasteiger partial charge in [-0.05, 0) is 63.8 Å². The topological polar surface area (TPSA) is 22.0 Å². The van der Waals surface area contributed by atoms with Crippen molar-refractivity contribution < 1.29 is 4.79 Å².